The van der Waals surface area contributed by atoms with E-state index in [0.29, 0.717) is 12.5 Å². The second-order valence-corrected chi connectivity index (χ2v) is 2.32. The quantitative estimate of drug-likeness (QED) is 0.675. The number of hydrogen-bond donors (Lipinski definition) is 1. The Morgan fingerprint density at radius 3 is 2.91 bits per heavy atom. The van der Waals surface area contributed by atoms with Gasteiger partial charge in [0.05, 0.1) is 6.61 Å². The number of aromatic nitrogens is 2. The number of nitrogens with zero attached hydrogens (tertiary/aromatic N) is 2. The number of hydrogen-bond acceptors (Lipinski definition) is 3. The van der Waals surface area contributed by atoms with E-state index >= 15 is 0 Å². The third kappa shape index (κ3) is 1.94. The van der Waals surface area contributed by atoms with Crippen LogP contribution in [0, 0.1) is 6.92 Å². The standard InChI is InChI=1S/C7H12N2O2/c1-6-5-7(8-9(6)2)11-4-3-10/h5,10H,3-4H2,1-2H3. The van der Waals surface area contributed by atoms with Crippen LogP contribution < -0.4 is 4.74 Å². The van der Waals surface area contributed by atoms with E-state index in [4.69, 9.17) is 9.84 Å². The van der Waals surface area contributed by atoms with Crippen LogP contribution in [-0.2, 0) is 7.05 Å². The molecule has 11 heavy (non-hydrogen) atoms. The lowest BCUT2D eigenvalue weighted by Crippen LogP contribution is -2.02. The van der Waals surface area contributed by atoms with E-state index < -0.39 is 0 Å². The third-order valence-electron chi connectivity index (χ3n) is 1.43. The van der Waals surface area contributed by atoms with E-state index in [2.05, 4.69) is 5.10 Å². The lowest BCUT2D eigenvalue weighted by molar-refractivity contribution is 0.196. The molecule has 0 aromatic carbocycles. The van der Waals surface area contributed by atoms with E-state index in [1.54, 1.807) is 4.68 Å². The van der Waals surface area contributed by atoms with Gasteiger partial charge >= 0.3 is 0 Å². The van der Waals surface area contributed by atoms with Crippen molar-refractivity contribution >= 4 is 0 Å². The number of aliphatic hydroxyl groups is 1. The Balaban J connectivity index is 2.58. The second-order valence-electron chi connectivity index (χ2n) is 2.32. The number of aryl methyl sites for hydroxylation is 2. The Morgan fingerprint density at radius 1 is 1.73 bits per heavy atom. The fourth-order valence-corrected chi connectivity index (χ4v) is 0.748. The van der Waals surface area contributed by atoms with Crippen molar-refractivity contribution in [3.63, 3.8) is 0 Å². The lowest BCUT2D eigenvalue weighted by atomic mass is 10.5. The summed E-state index contributed by atoms with van der Waals surface area (Å²) in [6, 6.07) is 1.83. The van der Waals surface area contributed by atoms with Crippen LogP contribution in [0.3, 0.4) is 0 Å². The third-order valence-corrected chi connectivity index (χ3v) is 1.43. The minimum atomic E-state index is 0.0234. The molecule has 62 valence electrons. The van der Waals surface area contributed by atoms with Crippen LogP contribution in [0.4, 0.5) is 0 Å². The van der Waals surface area contributed by atoms with Gasteiger partial charge in [-0.05, 0) is 6.92 Å². The largest absolute Gasteiger partial charge is 0.474 e. The molecule has 4 heteroatoms. The summed E-state index contributed by atoms with van der Waals surface area (Å²) in [4.78, 5) is 0. The molecule has 0 fully saturated rings. The molecule has 1 aromatic heterocycles. The van der Waals surface area contributed by atoms with Crippen molar-refractivity contribution in [1.29, 1.82) is 0 Å². The van der Waals surface area contributed by atoms with Gasteiger partial charge in [0.2, 0.25) is 5.88 Å². The van der Waals surface area contributed by atoms with Crippen molar-refractivity contribution in [2.75, 3.05) is 13.2 Å². The van der Waals surface area contributed by atoms with Crippen LogP contribution in [0.15, 0.2) is 6.07 Å². The highest BCUT2D eigenvalue weighted by Crippen LogP contribution is 2.08. The first-order chi connectivity index (χ1) is 5.24. The smallest absolute Gasteiger partial charge is 0.233 e. The van der Waals surface area contributed by atoms with Crippen molar-refractivity contribution in [3.8, 4) is 5.88 Å². The second kappa shape index (κ2) is 3.39. The van der Waals surface area contributed by atoms with Gasteiger partial charge in [0.25, 0.3) is 0 Å². The summed E-state index contributed by atoms with van der Waals surface area (Å²) in [5.41, 5.74) is 1.04. The van der Waals surface area contributed by atoms with Crippen LogP contribution in [0.5, 0.6) is 5.88 Å². The van der Waals surface area contributed by atoms with Gasteiger partial charge in [-0.3, -0.25) is 4.68 Å². The maximum Gasteiger partial charge on any atom is 0.233 e. The average Bonchev–Trinajstić information content (AvgIpc) is 2.28. The molecule has 0 aliphatic heterocycles. The Morgan fingerprint density at radius 2 is 2.45 bits per heavy atom. The first-order valence-electron chi connectivity index (χ1n) is 3.48. The van der Waals surface area contributed by atoms with Gasteiger partial charge in [0.1, 0.15) is 6.61 Å². The van der Waals surface area contributed by atoms with Gasteiger partial charge < -0.3 is 9.84 Å². The average molecular weight is 156 g/mol. The van der Waals surface area contributed by atoms with Crippen LogP contribution >= 0.6 is 0 Å². The number of ether oxygens (including phenoxy) is 1. The van der Waals surface area contributed by atoms with Crippen molar-refractivity contribution in [2.45, 2.75) is 6.92 Å². The van der Waals surface area contributed by atoms with Gasteiger partial charge in [0, 0.05) is 18.8 Å². The fraction of sp³-hybridized carbons (Fsp3) is 0.571. The highest BCUT2D eigenvalue weighted by molar-refractivity contribution is 5.13. The molecule has 0 saturated carbocycles. The van der Waals surface area contributed by atoms with Crippen LogP contribution in [0.2, 0.25) is 0 Å². The molecule has 1 N–H and O–H groups in total. The zero-order chi connectivity index (χ0) is 8.27. The molecule has 0 aliphatic rings. The Bertz CT molecular complexity index is 213. The predicted molar refractivity (Wildman–Crippen MR) is 40.5 cm³/mol. The first kappa shape index (κ1) is 8.07. The summed E-state index contributed by atoms with van der Waals surface area (Å²) >= 11 is 0. The van der Waals surface area contributed by atoms with Gasteiger partial charge in [-0.2, -0.15) is 0 Å². The molecule has 0 spiro atoms. The normalized spacial score (nSPS) is 10.1. The van der Waals surface area contributed by atoms with Crippen LogP contribution in [0.25, 0.3) is 0 Å². The van der Waals surface area contributed by atoms with Crippen molar-refractivity contribution in [2.24, 2.45) is 7.05 Å². The minimum absolute atomic E-state index is 0.0234. The van der Waals surface area contributed by atoms with E-state index in [0.717, 1.165) is 5.69 Å². The molecule has 1 heterocycles. The summed E-state index contributed by atoms with van der Waals surface area (Å²) in [5, 5.41) is 12.5. The maximum atomic E-state index is 8.44. The monoisotopic (exact) mass is 156 g/mol. The highest BCUT2D eigenvalue weighted by Gasteiger charge is 1.99. The molecule has 0 aliphatic carbocycles. The van der Waals surface area contributed by atoms with Crippen LogP contribution in [0.1, 0.15) is 5.69 Å². The van der Waals surface area contributed by atoms with E-state index in [1.807, 2.05) is 20.0 Å². The molecular weight excluding hydrogens is 144 g/mol. The molecule has 0 bridgehead atoms. The summed E-state index contributed by atoms with van der Waals surface area (Å²) in [6.45, 7) is 2.27. The molecule has 1 rings (SSSR count). The Hall–Kier alpha value is -1.03. The molecule has 0 radical (unpaired) electrons. The summed E-state index contributed by atoms with van der Waals surface area (Å²) in [5.74, 6) is 0.569. The van der Waals surface area contributed by atoms with E-state index in [9.17, 15) is 0 Å². The summed E-state index contributed by atoms with van der Waals surface area (Å²) < 4.78 is 6.80. The highest BCUT2D eigenvalue weighted by atomic mass is 16.5. The zero-order valence-corrected chi connectivity index (χ0v) is 6.74. The fourth-order valence-electron chi connectivity index (χ4n) is 0.748. The lowest BCUT2D eigenvalue weighted by Gasteiger charge is -1.96. The molecule has 0 amide bonds. The van der Waals surface area contributed by atoms with Crippen molar-refractivity contribution in [1.82, 2.24) is 9.78 Å². The van der Waals surface area contributed by atoms with Gasteiger partial charge in [-0.1, -0.05) is 0 Å². The molecule has 0 saturated heterocycles. The van der Waals surface area contributed by atoms with Gasteiger partial charge in [-0.25, -0.2) is 0 Å². The summed E-state index contributed by atoms with van der Waals surface area (Å²) in [7, 11) is 1.85. The zero-order valence-electron chi connectivity index (χ0n) is 6.74. The maximum absolute atomic E-state index is 8.44. The number of rotatable bonds is 3. The molecule has 4 nitrogen and oxygen atoms in total. The van der Waals surface area contributed by atoms with Crippen molar-refractivity contribution < 1.29 is 9.84 Å². The van der Waals surface area contributed by atoms with E-state index in [-0.39, 0.29) is 6.61 Å². The minimum Gasteiger partial charge on any atom is -0.474 e. The number of aliphatic hydroxyl groups excluding tert-OH is 1. The molecule has 1 aromatic rings. The molecule has 0 unspecified atom stereocenters. The molecular formula is C7H12N2O2. The van der Waals surface area contributed by atoms with E-state index in [1.165, 1.54) is 0 Å². The van der Waals surface area contributed by atoms with Crippen LogP contribution in [-0.4, -0.2) is 28.1 Å². The Kier molecular flexibility index (Phi) is 2.48. The summed E-state index contributed by atoms with van der Waals surface area (Å²) in [6.07, 6.45) is 0. The topological polar surface area (TPSA) is 47.3 Å². The van der Waals surface area contributed by atoms with Gasteiger partial charge in [-0.15, -0.1) is 5.10 Å². The SMILES string of the molecule is Cc1cc(OCCO)nn1C. The Labute approximate surface area is 65.4 Å². The van der Waals surface area contributed by atoms with Crippen molar-refractivity contribution in [3.05, 3.63) is 11.8 Å². The first-order valence-corrected chi connectivity index (χ1v) is 3.48. The predicted octanol–water partition coefficient (Wildman–Crippen LogP) is 0.0996. The molecule has 0 atom stereocenters. The van der Waals surface area contributed by atoms with Gasteiger partial charge in [0.15, 0.2) is 0 Å².